The number of nitrogen functional groups attached to an aromatic ring is 1. The summed E-state index contributed by atoms with van der Waals surface area (Å²) < 4.78 is 11.0. The molecule has 0 bridgehead atoms. The first-order valence-corrected chi connectivity index (χ1v) is 7.99. The molecule has 0 radical (unpaired) electrons. The van der Waals surface area contributed by atoms with Gasteiger partial charge in [0.15, 0.2) is 0 Å². The fraction of sp³-hybridized carbons (Fsp3) is 0.0952. The molecule has 3 aromatic rings. The molecule has 0 aromatic heterocycles. The van der Waals surface area contributed by atoms with E-state index >= 15 is 0 Å². The molecule has 0 fully saturated rings. The third kappa shape index (κ3) is 4.61. The number of esters is 1. The van der Waals surface area contributed by atoms with Crippen LogP contribution in [-0.4, -0.2) is 5.97 Å². The molecule has 0 aliphatic heterocycles. The van der Waals surface area contributed by atoms with Crippen LogP contribution in [0.1, 0.15) is 21.5 Å². The second-order valence-corrected chi connectivity index (χ2v) is 5.59. The highest BCUT2D eigenvalue weighted by Gasteiger charge is 2.10. The van der Waals surface area contributed by atoms with Crippen LogP contribution in [0, 0.1) is 0 Å². The van der Waals surface area contributed by atoms with E-state index in [0.29, 0.717) is 23.6 Å². The molecule has 0 atom stereocenters. The average molecular weight is 333 g/mol. The summed E-state index contributed by atoms with van der Waals surface area (Å²) in [6, 6.07) is 24.3. The average Bonchev–Trinajstić information content (AvgIpc) is 2.66. The molecule has 4 heteroatoms. The van der Waals surface area contributed by atoms with Gasteiger partial charge >= 0.3 is 5.97 Å². The summed E-state index contributed by atoms with van der Waals surface area (Å²) in [7, 11) is 0. The Morgan fingerprint density at radius 1 is 0.800 bits per heavy atom. The summed E-state index contributed by atoms with van der Waals surface area (Å²) in [6.45, 7) is 0.647. The zero-order valence-corrected chi connectivity index (χ0v) is 13.7. The van der Waals surface area contributed by atoms with Crippen molar-refractivity contribution in [3.05, 3.63) is 95.6 Å². The number of benzene rings is 3. The maximum atomic E-state index is 12.1. The Labute approximate surface area is 146 Å². The molecule has 0 aliphatic rings. The number of ether oxygens (including phenoxy) is 2. The van der Waals surface area contributed by atoms with Crippen LogP contribution in [0.5, 0.6) is 5.75 Å². The van der Waals surface area contributed by atoms with E-state index in [-0.39, 0.29) is 6.61 Å². The lowest BCUT2D eigenvalue weighted by Crippen LogP contribution is -2.07. The molecule has 0 saturated carbocycles. The summed E-state index contributed by atoms with van der Waals surface area (Å²) in [6.07, 6.45) is 0. The summed E-state index contributed by atoms with van der Waals surface area (Å²) in [5.74, 6) is 0.133. The molecule has 0 heterocycles. The van der Waals surface area contributed by atoms with Crippen molar-refractivity contribution in [2.75, 3.05) is 5.73 Å². The molecule has 4 nitrogen and oxygen atoms in total. The Hall–Kier alpha value is -3.27. The molecule has 3 aromatic carbocycles. The van der Waals surface area contributed by atoms with Crippen LogP contribution >= 0.6 is 0 Å². The Bertz CT molecular complexity index is 832. The summed E-state index contributed by atoms with van der Waals surface area (Å²) in [5.41, 5.74) is 8.79. The van der Waals surface area contributed by atoms with Crippen LogP contribution in [0.15, 0.2) is 78.9 Å². The highest BCUT2D eigenvalue weighted by Crippen LogP contribution is 2.24. The summed E-state index contributed by atoms with van der Waals surface area (Å²) in [4.78, 5) is 12.1. The predicted molar refractivity (Wildman–Crippen MR) is 97.2 cm³/mol. The van der Waals surface area contributed by atoms with Gasteiger partial charge in [-0.15, -0.1) is 0 Å². The highest BCUT2D eigenvalue weighted by atomic mass is 16.5. The van der Waals surface area contributed by atoms with Crippen molar-refractivity contribution in [1.82, 2.24) is 0 Å². The van der Waals surface area contributed by atoms with E-state index in [9.17, 15) is 4.79 Å². The second-order valence-electron chi connectivity index (χ2n) is 5.59. The van der Waals surface area contributed by atoms with Crippen LogP contribution in [0.3, 0.4) is 0 Å². The van der Waals surface area contributed by atoms with Gasteiger partial charge in [0.1, 0.15) is 19.0 Å². The zero-order chi connectivity index (χ0) is 17.5. The van der Waals surface area contributed by atoms with Crippen LogP contribution in [0.2, 0.25) is 0 Å². The fourth-order valence-electron chi connectivity index (χ4n) is 2.35. The quantitative estimate of drug-likeness (QED) is 0.542. The van der Waals surface area contributed by atoms with Gasteiger partial charge in [0.25, 0.3) is 0 Å². The molecule has 2 N–H and O–H groups in total. The molecule has 25 heavy (non-hydrogen) atoms. The number of hydrogen-bond donors (Lipinski definition) is 1. The number of carbonyl (C=O) groups is 1. The smallest absolute Gasteiger partial charge is 0.338 e. The highest BCUT2D eigenvalue weighted by molar-refractivity contribution is 5.91. The van der Waals surface area contributed by atoms with Gasteiger partial charge in [0.2, 0.25) is 0 Å². The van der Waals surface area contributed by atoms with Gasteiger partial charge < -0.3 is 15.2 Å². The number of anilines is 1. The van der Waals surface area contributed by atoms with Crippen molar-refractivity contribution in [3.63, 3.8) is 0 Å². The van der Waals surface area contributed by atoms with E-state index in [4.69, 9.17) is 15.2 Å². The molecule has 0 aliphatic carbocycles. The maximum absolute atomic E-state index is 12.1. The number of rotatable bonds is 6. The van der Waals surface area contributed by atoms with Crippen LogP contribution in [0.25, 0.3) is 0 Å². The third-order valence-corrected chi connectivity index (χ3v) is 3.70. The van der Waals surface area contributed by atoms with Crippen molar-refractivity contribution in [2.24, 2.45) is 0 Å². The molecule has 0 saturated heterocycles. The van der Waals surface area contributed by atoms with Crippen LogP contribution in [-0.2, 0) is 18.0 Å². The molecular weight excluding hydrogens is 314 g/mol. The van der Waals surface area contributed by atoms with E-state index in [1.165, 1.54) is 0 Å². The van der Waals surface area contributed by atoms with Gasteiger partial charge in [0.05, 0.1) is 11.3 Å². The Balaban J connectivity index is 1.60. The van der Waals surface area contributed by atoms with Crippen molar-refractivity contribution in [1.29, 1.82) is 0 Å². The minimum atomic E-state index is -0.412. The lowest BCUT2D eigenvalue weighted by Gasteiger charge is -2.10. The zero-order valence-electron chi connectivity index (χ0n) is 13.7. The van der Waals surface area contributed by atoms with Crippen LogP contribution < -0.4 is 10.5 Å². The van der Waals surface area contributed by atoms with Crippen LogP contribution in [0.4, 0.5) is 5.69 Å². The summed E-state index contributed by atoms with van der Waals surface area (Å²) >= 11 is 0. The Kier molecular flexibility index (Phi) is 5.32. The van der Waals surface area contributed by atoms with Gasteiger partial charge in [-0.2, -0.15) is 0 Å². The lowest BCUT2D eigenvalue weighted by molar-refractivity contribution is 0.0472. The molecule has 0 amide bonds. The van der Waals surface area contributed by atoms with E-state index in [2.05, 4.69) is 0 Å². The van der Waals surface area contributed by atoms with Crippen molar-refractivity contribution < 1.29 is 14.3 Å². The standard InChI is InChI=1S/C21H19NO3/c22-19-13-18(21(23)25-15-17-9-5-2-6-10-17)11-12-20(19)24-14-16-7-3-1-4-8-16/h1-13H,14-15,22H2. The van der Waals surface area contributed by atoms with E-state index < -0.39 is 5.97 Å². The molecule has 126 valence electrons. The van der Waals surface area contributed by atoms with Crippen molar-refractivity contribution >= 4 is 11.7 Å². The SMILES string of the molecule is Nc1cc(C(=O)OCc2ccccc2)ccc1OCc1ccccc1. The topological polar surface area (TPSA) is 61.6 Å². The lowest BCUT2D eigenvalue weighted by atomic mass is 10.2. The third-order valence-electron chi connectivity index (χ3n) is 3.70. The van der Waals surface area contributed by atoms with E-state index in [1.54, 1.807) is 18.2 Å². The van der Waals surface area contributed by atoms with Crippen molar-refractivity contribution in [2.45, 2.75) is 13.2 Å². The molecule has 3 rings (SSSR count). The summed E-state index contributed by atoms with van der Waals surface area (Å²) in [5, 5.41) is 0. The normalized spacial score (nSPS) is 10.2. The fourth-order valence-corrected chi connectivity index (χ4v) is 2.35. The molecule has 0 spiro atoms. The maximum Gasteiger partial charge on any atom is 0.338 e. The predicted octanol–water partition coefficient (Wildman–Crippen LogP) is 4.20. The van der Waals surface area contributed by atoms with E-state index in [1.807, 2.05) is 60.7 Å². The van der Waals surface area contributed by atoms with E-state index in [0.717, 1.165) is 11.1 Å². The first-order chi connectivity index (χ1) is 12.2. The first kappa shape index (κ1) is 16.6. The largest absolute Gasteiger partial charge is 0.487 e. The minimum Gasteiger partial charge on any atom is -0.487 e. The Morgan fingerprint density at radius 3 is 2.00 bits per heavy atom. The minimum absolute atomic E-state index is 0.228. The second kappa shape index (κ2) is 8.02. The Morgan fingerprint density at radius 2 is 1.40 bits per heavy atom. The number of carbonyl (C=O) groups excluding carboxylic acids is 1. The molecular formula is C21H19NO3. The molecule has 0 unspecified atom stereocenters. The van der Waals surface area contributed by atoms with Gasteiger partial charge in [-0.25, -0.2) is 4.79 Å². The van der Waals surface area contributed by atoms with Gasteiger partial charge in [-0.05, 0) is 29.3 Å². The van der Waals surface area contributed by atoms with Gasteiger partial charge in [-0.1, -0.05) is 60.7 Å². The number of hydrogen-bond acceptors (Lipinski definition) is 4. The van der Waals surface area contributed by atoms with Crippen molar-refractivity contribution in [3.8, 4) is 5.75 Å². The van der Waals surface area contributed by atoms with Gasteiger partial charge in [0, 0.05) is 0 Å². The number of nitrogens with two attached hydrogens (primary N) is 1. The first-order valence-electron chi connectivity index (χ1n) is 7.99. The van der Waals surface area contributed by atoms with Gasteiger partial charge in [-0.3, -0.25) is 0 Å². The monoisotopic (exact) mass is 333 g/mol.